The SMILES string of the molecule is CCCOc1ccc(C2c3c(-c4cc(C)cc(C)c4O)n[nH]c3C(=O)N2Cc2ccc(C)cc2)cc1. The van der Waals surface area contributed by atoms with E-state index in [0.717, 1.165) is 40.0 Å². The van der Waals surface area contributed by atoms with Crippen LogP contribution in [0.2, 0.25) is 0 Å². The molecule has 1 aliphatic heterocycles. The van der Waals surface area contributed by atoms with Crippen molar-refractivity contribution in [2.24, 2.45) is 0 Å². The number of aromatic nitrogens is 2. The van der Waals surface area contributed by atoms with Crippen LogP contribution in [0.4, 0.5) is 0 Å². The fourth-order valence-corrected chi connectivity index (χ4v) is 4.91. The number of phenols is 1. The number of aryl methyl sites for hydroxylation is 3. The molecule has 0 spiro atoms. The van der Waals surface area contributed by atoms with Crippen molar-refractivity contribution in [1.29, 1.82) is 0 Å². The molecule has 0 bridgehead atoms. The van der Waals surface area contributed by atoms with Crippen LogP contribution in [0.1, 0.15) is 63.3 Å². The summed E-state index contributed by atoms with van der Waals surface area (Å²) < 4.78 is 5.79. The van der Waals surface area contributed by atoms with E-state index in [-0.39, 0.29) is 17.7 Å². The van der Waals surface area contributed by atoms with Crippen molar-refractivity contribution in [2.75, 3.05) is 6.61 Å². The molecular weight excluding hydrogens is 450 g/mol. The maximum Gasteiger partial charge on any atom is 0.273 e. The summed E-state index contributed by atoms with van der Waals surface area (Å²) >= 11 is 0. The molecule has 1 atom stereocenters. The van der Waals surface area contributed by atoms with Gasteiger partial charge in [0.1, 0.15) is 22.9 Å². The fraction of sp³-hybridized carbons (Fsp3) is 0.267. The van der Waals surface area contributed by atoms with Crippen molar-refractivity contribution in [1.82, 2.24) is 15.1 Å². The molecule has 0 radical (unpaired) electrons. The number of phenolic OH excluding ortho intramolecular Hbond substituents is 1. The average molecular weight is 482 g/mol. The lowest BCUT2D eigenvalue weighted by atomic mass is 9.94. The van der Waals surface area contributed by atoms with Crippen LogP contribution < -0.4 is 4.74 Å². The lowest BCUT2D eigenvalue weighted by molar-refractivity contribution is 0.0730. The smallest absolute Gasteiger partial charge is 0.273 e. The number of rotatable bonds is 7. The van der Waals surface area contributed by atoms with Gasteiger partial charge in [-0.05, 0) is 67.6 Å². The summed E-state index contributed by atoms with van der Waals surface area (Å²) in [6.07, 6.45) is 0.935. The monoisotopic (exact) mass is 481 g/mol. The molecule has 1 aliphatic rings. The predicted molar refractivity (Wildman–Crippen MR) is 140 cm³/mol. The summed E-state index contributed by atoms with van der Waals surface area (Å²) in [5.74, 6) is 0.875. The second-order valence-electron chi connectivity index (χ2n) is 9.58. The molecule has 3 aromatic carbocycles. The van der Waals surface area contributed by atoms with Gasteiger partial charge in [-0.25, -0.2) is 0 Å². The molecule has 6 heteroatoms. The summed E-state index contributed by atoms with van der Waals surface area (Å²) in [7, 11) is 0. The van der Waals surface area contributed by atoms with E-state index < -0.39 is 0 Å². The van der Waals surface area contributed by atoms with E-state index in [1.807, 2.05) is 55.1 Å². The zero-order valence-corrected chi connectivity index (χ0v) is 21.1. The maximum absolute atomic E-state index is 13.7. The molecule has 184 valence electrons. The van der Waals surface area contributed by atoms with Crippen molar-refractivity contribution in [2.45, 2.75) is 46.7 Å². The molecule has 2 heterocycles. The minimum absolute atomic E-state index is 0.107. The summed E-state index contributed by atoms with van der Waals surface area (Å²) in [5, 5.41) is 18.4. The second kappa shape index (κ2) is 9.53. The van der Waals surface area contributed by atoms with Crippen LogP contribution in [-0.2, 0) is 6.54 Å². The maximum atomic E-state index is 13.7. The molecule has 4 aromatic rings. The Hall–Kier alpha value is -4.06. The van der Waals surface area contributed by atoms with E-state index >= 15 is 0 Å². The van der Waals surface area contributed by atoms with Crippen LogP contribution in [0.5, 0.6) is 11.5 Å². The lowest BCUT2D eigenvalue weighted by Crippen LogP contribution is -2.29. The summed E-state index contributed by atoms with van der Waals surface area (Å²) in [6, 6.07) is 19.7. The molecule has 5 rings (SSSR count). The van der Waals surface area contributed by atoms with Gasteiger partial charge in [-0.3, -0.25) is 9.89 Å². The van der Waals surface area contributed by atoms with Crippen LogP contribution in [0.3, 0.4) is 0 Å². The van der Waals surface area contributed by atoms with Gasteiger partial charge >= 0.3 is 0 Å². The molecule has 1 aromatic heterocycles. The van der Waals surface area contributed by atoms with Crippen molar-refractivity contribution < 1.29 is 14.6 Å². The first kappa shape index (κ1) is 23.7. The predicted octanol–water partition coefficient (Wildman–Crippen LogP) is 6.24. The number of aromatic amines is 1. The third-order valence-corrected chi connectivity index (χ3v) is 6.71. The molecule has 0 saturated carbocycles. The Morgan fingerprint density at radius 3 is 2.42 bits per heavy atom. The largest absolute Gasteiger partial charge is 0.507 e. The Morgan fingerprint density at radius 2 is 1.72 bits per heavy atom. The second-order valence-corrected chi connectivity index (χ2v) is 9.58. The third-order valence-electron chi connectivity index (χ3n) is 6.71. The highest BCUT2D eigenvalue weighted by Crippen LogP contribution is 2.46. The Morgan fingerprint density at radius 1 is 1.00 bits per heavy atom. The number of hydrogen-bond donors (Lipinski definition) is 2. The van der Waals surface area contributed by atoms with Gasteiger partial charge < -0.3 is 14.7 Å². The first-order chi connectivity index (χ1) is 17.4. The number of benzene rings is 3. The average Bonchev–Trinajstić information content (AvgIpc) is 3.41. The standard InChI is InChI=1S/C30H31N3O3/c1-5-14-36-23-12-10-22(11-13-23)28-25-26(24-16-19(3)15-20(4)29(24)34)31-32-27(25)30(35)33(28)17-21-8-6-18(2)7-9-21/h6-13,15-16,28,34H,5,14,17H2,1-4H3,(H,31,32). The molecular formula is C30H31N3O3. The highest BCUT2D eigenvalue weighted by molar-refractivity contribution is 6.00. The summed E-state index contributed by atoms with van der Waals surface area (Å²) in [6.45, 7) is 9.10. The van der Waals surface area contributed by atoms with Crippen molar-refractivity contribution in [3.63, 3.8) is 0 Å². The van der Waals surface area contributed by atoms with E-state index in [9.17, 15) is 9.90 Å². The molecule has 6 nitrogen and oxygen atoms in total. The summed E-state index contributed by atoms with van der Waals surface area (Å²) in [4.78, 5) is 15.6. The first-order valence-corrected chi connectivity index (χ1v) is 12.4. The molecule has 0 aliphatic carbocycles. The first-order valence-electron chi connectivity index (χ1n) is 12.4. The highest BCUT2D eigenvalue weighted by atomic mass is 16.5. The number of hydrogen-bond acceptors (Lipinski definition) is 4. The van der Waals surface area contributed by atoms with Crippen molar-refractivity contribution in [3.8, 4) is 22.8 Å². The molecule has 1 unspecified atom stereocenters. The lowest BCUT2D eigenvalue weighted by Gasteiger charge is -2.27. The van der Waals surface area contributed by atoms with Crippen molar-refractivity contribution in [3.05, 3.63) is 99.7 Å². The third kappa shape index (κ3) is 4.24. The van der Waals surface area contributed by atoms with Gasteiger partial charge in [0.15, 0.2) is 0 Å². The quantitative estimate of drug-likeness (QED) is 0.327. The number of nitrogens with zero attached hydrogens (tertiary/aromatic N) is 2. The zero-order valence-electron chi connectivity index (χ0n) is 21.1. The molecule has 36 heavy (non-hydrogen) atoms. The van der Waals surface area contributed by atoms with E-state index in [1.54, 1.807) is 0 Å². The Bertz CT molecular complexity index is 1400. The Balaban J connectivity index is 1.63. The van der Waals surface area contributed by atoms with Gasteiger partial charge in [0.05, 0.1) is 12.6 Å². The van der Waals surface area contributed by atoms with Gasteiger partial charge in [-0.15, -0.1) is 0 Å². The number of amides is 1. The minimum Gasteiger partial charge on any atom is -0.507 e. The Labute approximate surface area is 211 Å². The Kier molecular flexibility index (Phi) is 6.27. The molecule has 0 fully saturated rings. The van der Waals surface area contributed by atoms with E-state index in [1.165, 1.54) is 5.56 Å². The zero-order chi connectivity index (χ0) is 25.4. The normalized spacial score (nSPS) is 14.8. The van der Waals surface area contributed by atoms with E-state index in [4.69, 9.17) is 4.74 Å². The molecule has 1 amide bonds. The van der Waals surface area contributed by atoms with Crippen molar-refractivity contribution >= 4 is 5.91 Å². The number of nitrogens with one attached hydrogen (secondary N) is 1. The minimum atomic E-state index is -0.358. The number of H-pyrrole nitrogens is 1. The summed E-state index contributed by atoms with van der Waals surface area (Å²) in [5.41, 5.74) is 7.46. The van der Waals surface area contributed by atoms with Gasteiger partial charge in [-0.2, -0.15) is 5.10 Å². The van der Waals surface area contributed by atoms with Gasteiger partial charge in [0, 0.05) is 17.7 Å². The molecule has 2 N–H and O–H groups in total. The number of aromatic hydroxyl groups is 1. The molecule has 0 saturated heterocycles. The van der Waals surface area contributed by atoms with E-state index in [2.05, 4.69) is 48.3 Å². The van der Waals surface area contributed by atoms with Crippen LogP contribution in [0, 0.1) is 20.8 Å². The number of fused-ring (bicyclic) bond motifs is 1. The fourth-order valence-electron chi connectivity index (χ4n) is 4.91. The van der Waals surface area contributed by atoms with Crippen LogP contribution in [-0.4, -0.2) is 32.7 Å². The van der Waals surface area contributed by atoms with E-state index in [0.29, 0.717) is 30.1 Å². The number of ether oxygens (including phenoxy) is 1. The van der Waals surface area contributed by atoms with Gasteiger partial charge in [0.25, 0.3) is 5.91 Å². The van der Waals surface area contributed by atoms with Gasteiger partial charge in [-0.1, -0.05) is 55.0 Å². The van der Waals surface area contributed by atoms with Crippen LogP contribution in [0.25, 0.3) is 11.3 Å². The number of carbonyl (C=O) groups excluding carboxylic acids is 1. The van der Waals surface area contributed by atoms with Gasteiger partial charge in [0.2, 0.25) is 0 Å². The van der Waals surface area contributed by atoms with Crippen LogP contribution in [0.15, 0.2) is 60.7 Å². The highest BCUT2D eigenvalue weighted by Gasteiger charge is 2.42. The number of carbonyl (C=O) groups is 1. The topological polar surface area (TPSA) is 78.5 Å². The van der Waals surface area contributed by atoms with Crippen LogP contribution >= 0.6 is 0 Å².